The van der Waals surface area contributed by atoms with Crippen molar-refractivity contribution in [2.45, 2.75) is 12.3 Å². The molecule has 0 aliphatic heterocycles. The molecule has 2 heteroatoms. The van der Waals surface area contributed by atoms with E-state index in [0.717, 1.165) is 16.7 Å². The van der Waals surface area contributed by atoms with Crippen molar-refractivity contribution in [1.29, 1.82) is 0 Å². The second kappa shape index (κ2) is 6.81. The fraction of sp³-hybridized carbons (Fsp3) is 0.100. The molecule has 1 atom stereocenters. The molecule has 22 heavy (non-hydrogen) atoms. The Morgan fingerprint density at radius 3 is 2.05 bits per heavy atom. The number of carbonyl (C=O) groups excluding carboxylic acids is 1. The normalized spacial score (nSPS) is 11.8. The Morgan fingerprint density at radius 1 is 0.818 bits per heavy atom. The molecule has 3 aromatic rings. The topological polar surface area (TPSA) is 30.0 Å². The predicted octanol–water partition coefficient (Wildman–Crippen LogP) is 4.29. The second-order valence-electron chi connectivity index (χ2n) is 5.25. The van der Waals surface area contributed by atoms with Gasteiger partial charge in [0, 0.05) is 18.0 Å². The first-order valence-corrected chi connectivity index (χ1v) is 7.38. The zero-order valence-electron chi connectivity index (χ0n) is 12.2. The van der Waals surface area contributed by atoms with Crippen LogP contribution in [0.1, 0.15) is 27.4 Å². The number of nitrogens with zero attached hydrogens (tertiary/aromatic N) is 1. The summed E-state index contributed by atoms with van der Waals surface area (Å²) in [6.45, 7) is 0. The summed E-state index contributed by atoms with van der Waals surface area (Å²) in [6, 6.07) is 23.4. The van der Waals surface area contributed by atoms with Gasteiger partial charge in [0.15, 0.2) is 5.78 Å². The number of ketones is 1. The first-order valence-electron chi connectivity index (χ1n) is 7.38. The van der Waals surface area contributed by atoms with Gasteiger partial charge in [0.25, 0.3) is 0 Å². The molecule has 0 aliphatic carbocycles. The summed E-state index contributed by atoms with van der Waals surface area (Å²) >= 11 is 0. The zero-order valence-corrected chi connectivity index (χ0v) is 12.2. The van der Waals surface area contributed by atoms with Crippen molar-refractivity contribution in [3.8, 4) is 0 Å². The summed E-state index contributed by atoms with van der Waals surface area (Å²) in [4.78, 5) is 17.0. The lowest BCUT2D eigenvalue weighted by molar-refractivity contribution is 0.0959. The van der Waals surface area contributed by atoms with E-state index in [4.69, 9.17) is 0 Å². The zero-order chi connectivity index (χ0) is 15.2. The molecule has 1 heterocycles. The van der Waals surface area contributed by atoms with Gasteiger partial charge in [-0.15, -0.1) is 0 Å². The van der Waals surface area contributed by atoms with Gasteiger partial charge in [0.1, 0.15) is 0 Å². The van der Waals surface area contributed by atoms with E-state index in [1.54, 1.807) is 12.4 Å². The van der Waals surface area contributed by atoms with Crippen LogP contribution in [-0.4, -0.2) is 10.8 Å². The molecule has 0 radical (unpaired) electrons. The molecular weight excluding hydrogens is 270 g/mol. The van der Waals surface area contributed by atoms with Gasteiger partial charge in [-0.05, 0) is 29.7 Å². The number of aromatic nitrogens is 1. The Balaban J connectivity index is 1.95. The Kier molecular flexibility index (Phi) is 4.40. The predicted molar refractivity (Wildman–Crippen MR) is 87.9 cm³/mol. The monoisotopic (exact) mass is 287 g/mol. The van der Waals surface area contributed by atoms with E-state index in [0.29, 0.717) is 6.42 Å². The second-order valence-corrected chi connectivity index (χ2v) is 5.25. The molecule has 2 nitrogen and oxygen atoms in total. The number of hydrogen-bond acceptors (Lipinski definition) is 2. The smallest absolute Gasteiger partial charge is 0.170 e. The summed E-state index contributed by atoms with van der Waals surface area (Å²) < 4.78 is 0. The maximum atomic E-state index is 12.9. The fourth-order valence-corrected chi connectivity index (χ4v) is 2.61. The van der Waals surface area contributed by atoms with Gasteiger partial charge in [-0.2, -0.15) is 0 Å². The maximum absolute atomic E-state index is 12.9. The quantitative estimate of drug-likeness (QED) is 0.655. The summed E-state index contributed by atoms with van der Waals surface area (Å²) in [5.74, 6) is -0.0189. The highest BCUT2D eigenvalue weighted by molar-refractivity contribution is 6.01. The van der Waals surface area contributed by atoms with Crippen LogP contribution in [0.2, 0.25) is 0 Å². The lowest BCUT2D eigenvalue weighted by Gasteiger charge is -2.16. The third kappa shape index (κ3) is 3.29. The number of pyridine rings is 1. The molecule has 0 N–H and O–H groups in total. The molecule has 0 saturated carbocycles. The van der Waals surface area contributed by atoms with Crippen molar-refractivity contribution < 1.29 is 4.79 Å². The van der Waals surface area contributed by atoms with E-state index in [2.05, 4.69) is 4.98 Å². The minimum absolute atomic E-state index is 0.156. The Bertz CT molecular complexity index is 723. The van der Waals surface area contributed by atoms with Gasteiger partial charge in [0.05, 0.1) is 5.92 Å². The van der Waals surface area contributed by atoms with Crippen molar-refractivity contribution in [2.75, 3.05) is 0 Å². The fourth-order valence-electron chi connectivity index (χ4n) is 2.61. The highest BCUT2D eigenvalue weighted by atomic mass is 16.1. The number of Topliss-reactive ketones (excluding diaryl/α,β-unsaturated/α-hetero) is 1. The van der Waals surface area contributed by atoms with Gasteiger partial charge < -0.3 is 0 Å². The van der Waals surface area contributed by atoms with Crippen LogP contribution >= 0.6 is 0 Å². The highest BCUT2D eigenvalue weighted by Gasteiger charge is 2.22. The van der Waals surface area contributed by atoms with Crippen LogP contribution in [0.4, 0.5) is 0 Å². The highest BCUT2D eigenvalue weighted by Crippen LogP contribution is 2.25. The molecule has 0 amide bonds. The third-order valence-electron chi connectivity index (χ3n) is 3.77. The summed E-state index contributed by atoms with van der Waals surface area (Å²) in [5, 5.41) is 0. The van der Waals surface area contributed by atoms with Gasteiger partial charge >= 0.3 is 0 Å². The van der Waals surface area contributed by atoms with Gasteiger partial charge in [-0.1, -0.05) is 60.7 Å². The molecule has 0 bridgehead atoms. The van der Waals surface area contributed by atoms with E-state index < -0.39 is 0 Å². The molecule has 0 aliphatic rings. The Hall–Kier alpha value is -2.74. The standard InChI is InChI=1S/C20H17NO/c22-20(18-9-5-2-6-10-18)19(17-7-3-1-4-8-17)15-16-11-13-21-14-12-16/h1-14,19H,15H2. The van der Waals surface area contributed by atoms with E-state index >= 15 is 0 Å². The van der Waals surface area contributed by atoms with Crippen LogP contribution in [0.15, 0.2) is 85.2 Å². The van der Waals surface area contributed by atoms with Crippen LogP contribution in [-0.2, 0) is 6.42 Å². The molecular formula is C20H17NO. The minimum atomic E-state index is -0.175. The molecule has 2 aromatic carbocycles. The number of rotatable bonds is 5. The largest absolute Gasteiger partial charge is 0.293 e. The maximum Gasteiger partial charge on any atom is 0.170 e. The van der Waals surface area contributed by atoms with E-state index in [1.165, 1.54) is 0 Å². The van der Waals surface area contributed by atoms with Crippen molar-refractivity contribution in [3.05, 3.63) is 102 Å². The van der Waals surface area contributed by atoms with E-state index in [9.17, 15) is 4.79 Å². The molecule has 108 valence electrons. The summed E-state index contributed by atoms with van der Waals surface area (Å²) in [6.07, 6.45) is 4.22. The number of benzene rings is 2. The van der Waals surface area contributed by atoms with E-state index in [1.807, 2.05) is 72.8 Å². The molecule has 1 aromatic heterocycles. The van der Waals surface area contributed by atoms with Gasteiger partial charge in [-0.3, -0.25) is 9.78 Å². The minimum Gasteiger partial charge on any atom is -0.293 e. The molecule has 1 unspecified atom stereocenters. The lowest BCUT2D eigenvalue weighted by atomic mass is 9.86. The average Bonchev–Trinajstić information content (AvgIpc) is 2.61. The SMILES string of the molecule is O=C(c1ccccc1)C(Cc1ccncc1)c1ccccc1. The van der Waals surface area contributed by atoms with E-state index in [-0.39, 0.29) is 11.7 Å². The number of hydrogen-bond donors (Lipinski definition) is 0. The first-order chi connectivity index (χ1) is 10.8. The summed E-state index contributed by atoms with van der Waals surface area (Å²) in [7, 11) is 0. The van der Waals surface area contributed by atoms with Crippen LogP contribution in [0.5, 0.6) is 0 Å². The van der Waals surface area contributed by atoms with Gasteiger partial charge in [-0.25, -0.2) is 0 Å². The van der Waals surface area contributed by atoms with Crippen LogP contribution in [0.3, 0.4) is 0 Å². The van der Waals surface area contributed by atoms with Crippen LogP contribution < -0.4 is 0 Å². The first kappa shape index (κ1) is 14.2. The molecule has 0 fully saturated rings. The van der Waals surface area contributed by atoms with Crippen molar-refractivity contribution in [2.24, 2.45) is 0 Å². The molecule has 0 spiro atoms. The number of carbonyl (C=O) groups is 1. The van der Waals surface area contributed by atoms with Crippen molar-refractivity contribution in [1.82, 2.24) is 4.98 Å². The third-order valence-corrected chi connectivity index (χ3v) is 3.77. The van der Waals surface area contributed by atoms with Crippen molar-refractivity contribution >= 4 is 5.78 Å². The summed E-state index contributed by atoms with van der Waals surface area (Å²) in [5.41, 5.74) is 2.92. The van der Waals surface area contributed by atoms with Crippen LogP contribution in [0.25, 0.3) is 0 Å². The Labute approximate surface area is 130 Å². The Morgan fingerprint density at radius 2 is 1.41 bits per heavy atom. The average molecular weight is 287 g/mol. The molecule has 3 rings (SSSR count). The van der Waals surface area contributed by atoms with Gasteiger partial charge in [0.2, 0.25) is 0 Å². The van der Waals surface area contributed by atoms with Crippen molar-refractivity contribution in [3.63, 3.8) is 0 Å². The van der Waals surface area contributed by atoms with Crippen LogP contribution in [0, 0.1) is 0 Å². The molecule has 0 saturated heterocycles. The lowest BCUT2D eigenvalue weighted by Crippen LogP contribution is -2.15.